The summed E-state index contributed by atoms with van der Waals surface area (Å²) in [6, 6.07) is -0.892. The molecule has 1 rings (SSSR count). The Morgan fingerprint density at radius 2 is 1.44 bits per heavy atom. The zero-order chi connectivity index (χ0) is 26.7. The molecule has 0 aliphatic carbocycles. The van der Waals surface area contributed by atoms with E-state index in [0.29, 0.717) is 6.42 Å². The van der Waals surface area contributed by atoms with Crippen molar-refractivity contribution in [1.29, 1.82) is 0 Å². The summed E-state index contributed by atoms with van der Waals surface area (Å²) < 4.78 is 4.91. The topological polar surface area (TPSA) is 318 Å². The van der Waals surface area contributed by atoms with Crippen LogP contribution >= 0.6 is 0 Å². The summed E-state index contributed by atoms with van der Waals surface area (Å²) in [5.74, 6) is -2.40. The molecule has 1 heterocycles. The molecule has 1 saturated heterocycles. The number of rotatable bonds is 12. The molecular formula is C18H36N2O14. The molecule has 15 N–H and O–H groups in total. The second-order valence-electron chi connectivity index (χ2n) is 7.74. The molecule has 0 spiro atoms. The van der Waals surface area contributed by atoms with Gasteiger partial charge in [-0.3, -0.25) is 9.59 Å². The van der Waals surface area contributed by atoms with E-state index in [-0.39, 0.29) is 13.0 Å². The SMILES string of the molecule is NCC(O)CCC(N)C(=O)O.O=C(C(O)C(O)C(O)C(O)CO)C1O[C@H](CO)[C@@H](O)[C@H](O)[C@H]1O. The number of Topliss-reactive ketones (excluding diaryl/α,β-unsaturated/α-hetero) is 1. The summed E-state index contributed by atoms with van der Waals surface area (Å²) >= 11 is 0. The van der Waals surface area contributed by atoms with Crippen molar-refractivity contribution in [2.24, 2.45) is 11.5 Å². The van der Waals surface area contributed by atoms with Crippen LogP contribution < -0.4 is 11.5 Å². The maximum Gasteiger partial charge on any atom is 0.320 e. The van der Waals surface area contributed by atoms with Crippen LogP contribution in [-0.4, -0.2) is 155 Å². The highest BCUT2D eigenvalue weighted by atomic mass is 16.5. The van der Waals surface area contributed by atoms with E-state index in [1.807, 2.05) is 0 Å². The lowest BCUT2D eigenvalue weighted by molar-refractivity contribution is -0.231. The molecule has 0 radical (unpaired) electrons. The van der Waals surface area contributed by atoms with Crippen LogP contribution in [-0.2, 0) is 14.3 Å². The predicted octanol–water partition coefficient (Wildman–Crippen LogP) is -7.67. The third kappa shape index (κ3) is 9.34. The van der Waals surface area contributed by atoms with Crippen LogP contribution in [0.25, 0.3) is 0 Å². The van der Waals surface area contributed by atoms with Gasteiger partial charge in [-0.25, -0.2) is 0 Å². The zero-order valence-corrected chi connectivity index (χ0v) is 18.2. The zero-order valence-electron chi connectivity index (χ0n) is 18.2. The first-order valence-electron chi connectivity index (χ1n) is 10.3. The van der Waals surface area contributed by atoms with Gasteiger partial charge in [-0.15, -0.1) is 0 Å². The molecule has 16 heteroatoms. The number of ether oxygens (including phenoxy) is 1. The molecule has 1 aliphatic heterocycles. The van der Waals surface area contributed by atoms with Crippen LogP contribution in [0.15, 0.2) is 0 Å². The maximum atomic E-state index is 12.1. The Morgan fingerprint density at radius 3 is 1.88 bits per heavy atom. The van der Waals surface area contributed by atoms with Gasteiger partial charge in [-0.2, -0.15) is 0 Å². The van der Waals surface area contributed by atoms with E-state index >= 15 is 0 Å². The van der Waals surface area contributed by atoms with Gasteiger partial charge in [0.25, 0.3) is 0 Å². The van der Waals surface area contributed by atoms with Gasteiger partial charge in [0.15, 0.2) is 5.78 Å². The quantitative estimate of drug-likeness (QED) is 0.117. The lowest BCUT2D eigenvalue weighted by atomic mass is 9.89. The molecule has 0 amide bonds. The molecule has 16 nitrogen and oxygen atoms in total. The van der Waals surface area contributed by atoms with E-state index in [2.05, 4.69) is 0 Å². The summed E-state index contributed by atoms with van der Waals surface area (Å²) in [7, 11) is 0. The van der Waals surface area contributed by atoms with E-state index < -0.39 is 92.0 Å². The first-order chi connectivity index (χ1) is 15.7. The smallest absolute Gasteiger partial charge is 0.320 e. The number of carboxylic acid groups (broad SMARTS) is 1. The first-order valence-corrected chi connectivity index (χ1v) is 10.3. The van der Waals surface area contributed by atoms with Crippen LogP contribution in [0.2, 0.25) is 0 Å². The average molecular weight is 504 g/mol. The molecular weight excluding hydrogens is 468 g/mol. The fourth-order valence-electron chi connectivity index (χ4n) is 2.81. The number of carbonyl (C=O) groups excluding carboxylic acids is 1. The van der Waals surface area contributed by atoms with Gasteiger partial charge in [0.2, 0.25) is 0 Å². The van der Waals surface area contributed by atoms with Crippen molar-refractivity contribution in [3.8, 4) is 0 Å². The Kier molecular flexibility index (Phi) is 14.9. The Hall–Kier alpha value is -1.38. The highest BCUT2D eigenvalue weighted by Gasteiger charge is 2.49. The number of aliphatic hydroxyl groups is 10. The van der Waals surface area contributed by atoms with Gasteiger partial charge in [0, 0.05) is 6.54 Å². The van der Waals surface area contributed by atoms with Gasteiger partial charge in [0.05, 0.1) is 19.3 Å². The minimum Gasteiger partial charge on any atom is -0.480 e. The molecule has 0 bridgehead atoms. The van der Waals surface area contributed by atoms with Crippen molar-refractivity contribution >= 4 is 11.8 Å². The van der Waals surface area contributed by atoms with Crippen molar-refractivity contribution in [2.75, 3.05) is 19.8 Å². The van der Waals surface area contributed by atoms with Crippen LogP contribution in [0.5, 0.6) is 0 Å². The number of carbonyl (C=O) groups is 2. The monoisotopic (exact) mass is 504 g/mol. The van der Waals surface area contributed by atoms with E-state index in [4.69, 9.17) is 36.6 Å². The van der Waals surface area contributed by atoms with E-state index in [9.17, 15) is 45.3 Å². The maximum absolute atomic E-state index is 12.1. The number of aliphatic carboxylic acids is 1. The van der Waals surface area contributed by atoms with Crippen LogP contribution in [0.1, 0.15) is 12.8 Å². The molecule has 1 aliphatic rings. The van der Waals surface area contributed by atoms with Crippen LogP contribution in [0.3, 0.4) is 0 Å². The fraction of sp³-hybridized carbons (Fsp3) is 0.889. The van der Waals surface area contributed by atoms with E-state index in [0.717, 1.165) is 0 Å². The van der Waals surface area contributed by atoms with Gasteiger partial charge in [-0.05, 0) is 12.8 Å². The van der Waals surface area contributed by atoms with Gasteiger partial charge in [0.1, 0.15) is 61.0 Å². The largest absolute Gasteiger partial charge is 0.480 e. The number of ketones is 1. The molecule has 1 fully saturated rings. The number of nitrogens with two attached hydrogens (primary N) is 2. The Labute approximate surface area is 194 Å². The highest BCUT2D eigenvalue weighted by molar-refractivity contribution is 5.88. The van der Waals surface area contributed by atoms with Crippen LogP contribution in [0, 0.1) is 0 Å². The van der Waals surface area contributed by atoms with Gasteiger partial charge < -0.3 is 72.4 Å². The Morgan fingerprint density at radius 1 is 0.882 bits per heavy atom. The second kappa shape index (κ2) is 15.6. The van der Waals surface area contributed by atoms with Gasteiger partial charge >= 0.3 is 5.97 Å². The lowest BCUT2D eigenvalue weighted by Crippen LogP contribution is -2.63. The molecule has 0 saturated carbocycles. The third-order valence-electron chi connectivity index (χ3n) is 5.12. The molecule has 0 aromatic heterocycles. The van der Waals surface area contributed by atoms with E-state index in [1.54, 1.807) is 0 Å². The van der Waals surface area contributed by atoms with Crippen molar-refractivity contribution in [3.63, 3.8) is 0 Å². The summed E-state index contributed by atoms with van der Waals surface area (Å²) in [6.45, 7) is -1.59. The normalized spacial score (nSPS) is 30.2. The summed E-state index contributed by atoms with van der Waals surface area (Å²) in [5, 5.41) is 102. The van der Waals surface area contributed by atoms with Crippen molar-refractivity contribution in [1.82, 2.24) is 0 Å². The molecule has 202 valence electrons. The number of carboxylic acids is 1. The predicted molar refractivity (Wildman–Crippen MR) is 110 cm³/mol. The minimum atomic E-state index is -2.33. The van der Waals surface area contributed by atoms with Crippen LogP contribution in [0.4, 0.5) is 0 Å². The number of hydrogen-bond acceptors (Lipinski definition) is 15. The third-order valence-corrected chi connectivity index (χ3v) is 5.12. The molecule has 0 aromatic carbocycles. The molecule has 34 heavy (non-hydrogen) atoms. The first kappa shape index (κ1) is 32.6. The van der Waals surface area contributed by atoms with E-state index in [1.165, 1.54) is 0 Å². The molecule has 11 atom stereocenters. The second-order valence-corrected chi connectivity index (χ2v) is 7.74. The average Bonchev–Trinajstić information content (AvgIpc) is 2.83. The minimum absolute atomic E-state index is 0.145. The summed E-state index contributed by atoms with van der Waals surface area (Å²) in [6.07, 6.45) is -17.3. The number of hydrogen-bond donors (Lipinski definition) is 13. The summed E-state index contributed by atoms with van der Waals surface area (Å²) in [4.78, 5) is 22.2. The summed E-state index contributed by atoms with van der Waals surface area (Å²) in [5.41, 5.74) is 10.3. The lowest BCUT2D eigenvalue weighted by Gasteiger charge is -2.40. The van der Waals surface area contributed by atoms with Gasteiger partial charge in [-0.1, -0.05) is 0 Å². The standard InChI is InChI=1S/C12H22O11.C6H14N2O3/c13-1-3(15)5(16)7(18)9(20)11(22)12-10(21)8(19)6(17)4(2-14)23-12;7-3-4(9)1-2-5(8)6(10)11/h3-10,12-21H,1-2H2;4-5,9H,1-3,7-8H2,(H,10,11)/t3?,4-,5?,6-,7?,8+,9?,10-,12?;/m1./s1. The fourth-order valence-corrected chi connectivity index (χ4v) is 2.81. The Balaban J connectivity index is 0.000000833. The highest BCUT2D eigenvalue weighted by Crippen LogP contribution is 2.23. The molecule has 0 aromatic rings. The van der Waals surface area contributed by atoms with Crippen molar-refractivity contribution in [2.45, 2.75) is 79.9 Å². The molecule has 7 unspecified atom stereocenters. The number of aliphatic hydroxyl groups excluding tert-OH is 10. The Bertz CT molecular complexity index is 611. The van der Waals surface area contributed by atoms with Crippen molar-refractivity contribution in [3.05, 3.63) is 0 Å². The van der Waals surface area contributed by atoms with Crippen molar-refractivity contribution < 1.29 is 70.5 Å².